The number of halogens is 3. The van der Waals surface area contributed by atoms with Crippen LogP contribution in [0, 0.1) is 0 Å². The summed E-state index contributed by atoms with van der Waals surface area (Å²) in [5.74, 6) is -2.98. The van der Waals surface area contributed by atoms with Gasteiger partial charge in [-0.25, -0.2) is 9.78 Å². The highest BCUT2D eigenvalue weighted by Gasteiger charge is 2.38. The lowest BCUT2D eigenvalue weighted by Gasteiger charge is -2.38. The van der Waals surface area contributed by atoms with Crippen LogP contribution in [0.15, 0.2) is 67.0 Å². The van der Waals surface area contributed by atoms with Crippen LogP contribution in [0.2, 0.25) is 0 Å². The van der Waals surface area contributed by atoms with Gasteiger partial charge in [-0.2, -0.15) is 18.3 Å². The number of nitrogens with zero attached hydrogens (tertiary/aromatic N) is 4. The van der Waals surface area contributed by atoms with Gasteiger partial charge in [0.2, 0.25) is 0 Å². The normalized spacial score (nSPS) is 14.4. The number of aromatic amines is 2. The van der Waals surface area contributed by atoms with Crippen LogP contribution >= 0.6 is 0 Å². The number of carbonyl (C=O) groups excluding carboxylic acids is 1. The van der Waals surface area contributed by atoms with E-state index in [2.05, 4.69) is 68.4 Å². The van der Waals surface area contributed by atoms with Gasteiger partial charge in [0.15, 0.2) is 0 Å². The maximum absolute atomic E-state index is 13.4. The Balaban J connectivity index is 0.000000537. The number of piperazine rings is 1. The van der Waals surface area contributed by atoms with Crippen molar-refractivity contribution < 1.29 is 27.9 Å². The van der Waals surface area contributed by atoms with E-state index in [0.717, 1.165) is 71.4 Å². The minimum Gasteiger partial charge on any atom is -0.475 e. The standard InChI is InChI=1S/C31H35N7O.C2HF3O2/c1-3-23(4-2)38-15-13-37(14-16-38)20-22-7-5-10-28(34-22)31(39)35-29-17-21(18-30-26(29)19-33-36-30)24-8-6-9-27-25(24)11-12-32-27;3-2(4,5)1(6)7/h5-12,17-19,23,32H,3-4,13-16,20H2,1-2H3,(H,33,36)(H,35,39);(H,6,7). The second-order valence-corrected chi connectivity index (χ2v) is 11.2. The van der Waals surface area contributed by atoms with Gasteiger partial charge >= 0.3 is 12.1 Å². The zero-order chi connectivity index (χ0) is 32.8. The summed E-state index contributed by atoms with van der Waals surface area (Å²) in [4.78, 5) is 35.3. The number of anilines is 1. The van der Waals surface area contributed by atoms with Crippen LogP contribution in [0.1, 0.15) is 42.9 Å². The molecule has 4 N–H and O–H groups in total. The average Bonchev–Trinajstić information content (AvgIpc) is 3.72. The first-order valence-corrected chi connectivity index (χ1v) is 15.1. The molecule has 0 aliphatic carbocycles. The molecule has 0 radical (unpaired) electrons. The van der Waals surface area contributed by atoms with Crippen molar-refractivity contribution in [3.8, 4) is 11.1 Å². The Labute approximate surface area is 263 Å². The molecule has 1 amide bonds. The number of hydrogen-bond acceptors (Lipinski definition) is 6. The largest absolute Gasteiger partial charge is 0.490 e. The molecule has 46 heavy (non-hydrogen) atoms. The highest BCUT2D eigenvalue weighted by Crippen LogP contribution is 2.34. The first-order valence-electron chi connectivity index (χ1n) is 15.1. The number of aromatic nitrogens is 4. The highest BCUT2D eigenvalue weighted by atomic mass is 19.4. The predicted molar refractivity (Wildman–Crippen MR) is 170 cm³/mol. The number of rotatable bonds is 8. The lowest BCUT2D eigenvalue weighted by atomic mass is 9.99. The van der Waals surface area contributed by atoms with E-state index >= 15 is 0 Å². The number of carbonyl (C=O) groups is 2. The molecule has 1 saturated heterocycles. The fourth-order valence-corrected chi connectivity index (χ4v) is 5.85. The molecule has 242 valence electrons. The minimum absolute atomic E-state index is 0.227. The molecule has 13 heteroatoms. The lowest BCUT2D eigenvalue weighted by molar-refractivity contribution is -0.192. The number of alkyl halides is 3. The van der Waals surface area contributed by atoms with E-state index < -0.39 is 12.1 Å². The van der Waals surface area contributed by atoms with Crippen LogP contribution < -0.4 is 5.32 Å². The zero-order valence-corrected chi connectivity index (χ0v) is 25.6. The number of pyridine rings is 1. The molecule has 0 atom stereocenters. The van der Waals surface area contributed by atoms with E-state index in [1.807, 2.05) is 30.5 Å². The van der Waals surface area contributed by atoms with Gasteiger partial charge in [-0.1, -0.05) is 32.0 Å². The van der Waals surface area contributed by atoms with Crippen molar-refractivity contribution in [1.29, 1.82) is 0 Å². The first kappa shape index (κ1) is 32.6. The molecular formula is C33H36F3N7O3. The summed E-state index contributed by atoms with van der Waals surface area (Å²) < 4.78 is 31.7. The van der Waals surface area contributed by atoms with Gasteiger partial charge in [0.05, 0.1) is 23.1 Å². The van der Waals surface area contributed by atoms with Crippen LogP contribution in [0.5, 0.6) is 0 Å². The quantitative estimate of drug-likeness (QED) is 0.158. The third kappa shape index (κ3) is 7.54. The summed E-state index contributed by atoms with van der Waals surface area (Å²) in [7, 11) is 0. The highest BCUT2D eigenvalue weighted by molar-refractivity contribution is 6.09. The molecule has 0 bridgehead atoms. The second kappa shape index (κ2) is 14.1. The van der Waals surface area contributed by atoms with Gasteiger partial charge in [0, 0.05) is 61.3 Å². The number of H-pyrrole nitrogens is 2. The Morgan fingerprint density at radius 2 is 1.70 bits per heavy atom. The molecule has 0 saturated carbocycles. The summed E-state index contributed by atoms with van der Waals surface area (Å²) in [5, 5.41) is 19.5. The third-order valence-electron chi connectivity index (χ3n) is 8.25. The molecule has 4 heterocycles. The van der Waals surface area contributed by atoms with Crippen molar-refractivity contribution in [2.75, 3.05) is 31.5 Å². The number of benzene rings is 2. The summed E-state index contributed by atoms with van der Waals surface area (Å²) in [5.41, 5.74) is 6.06. The van der Waals surface area contributed by atoms with E-state index in [0.29, 0.717) is 17.4 Å². The maximum Gasteiger partial charge on any atom is 0.490 e. The molecule has 1 aliphatic heterocycles. The third-order valence-corrected chi connectivity index (χ3v) is 8.25. The number of carboxylic acids is 1. The zero-order valence-electron chi connectivity index (χ0n) is 25.6. The van der Waals surface area contributed by atoms with E-state index in [9.17, 15) is 18.0 Å². The number of nitrogens with one attached hydrogen (secondary N) is 3. The van der Waals surface area contributed by atoms with Gasteiger partial charge in [-0.3, -0.25) is 19.7 Å². The second-order valence-electron chi connectivity index (χ2n) is 11.2. The van der Waals surface area contributed by atoms with Crippen molar-refractivity contribution in [2.24, 2.45) is 0 Å². The topological polar surface area (TPSA) is 130 Å². The lowest BCUT2D eigenvalue weighted by Crippen LogP contribution is -2.49. The van der Waals surface area contributed by atoms with Gasteiger partial charge in [-0.15, -0.1) is 0 Å². The van der Waals surface area contributed by atoms with Crippen LogP contribution in [0.4, 0.5) is 18.9 Å². The average molecular weight is 636 g/mol. The summed E-state index contributed by atoms with van der Waals surface area (Å²) in [6.45, 7) is 9.51. The fraction of sp³-hybridized carbons (Fsp3) is 0.333. The Bertz CT molecular complexity index is 1810. The van der Waals surface area contributed by atoms with Crippen LogP contribution in [0.3, 0.4) is 0 Å². The Morgan fingerprint density at radius 3 is 2.39 bits per heavy atom. The van der Waals surface area contributed by atoms with Crippen LogP contribution in [-0.4, -0.2) is 85.3 Å². The molecule has 0 unspecified atom stereocenters. The van der Waals surface area contributed by atoms with Crippen molar-refractivity contribution in [3.63, 3.8) is 0 Å². The van der Waals surface area contributed by atoms with E-state index in [-0.39, 0.29) is 5.91 Å². The number of aliphatic carboxylic acids is 1. The van der Waals surface area contributed by atoms with Crippen LogP contribution in [-0.2, 0) is 11.3 Å². The molecule has 5 aromatic rings. The molecule has 3 aromatic heterocycles. The number of fused-ring (bicyclic) bond motifs is 2. The number of carboxylic acid groups (broad SMARTS) is 1. The molecule has 1 aliphatic rings. The molecule has 0 spiro atoms. The monoisotopic (exact) mass is 635 g/mol. The maximum atomic E-state index is 13.4. The van der Waals surface area contributed by atoms with Gasteiger partial charge < -0.3 is 15.4 Å². The van der Waals surface area contributed by atoms with E-state index in [1.165, 1.54) is 12.8 Å². The smallest absolute Gasteiger partial charge is 0.475 e. The SMILES string of the molecule is CCC(CC)N1CCN(Cc2cccc(C(=O)Nc3cc(-c4cccc5[nH]ccc45)cc4[nH]ncc34)n2)CC1.O=C(O)C(F)(F)F. The Hall–Kier alpha value is -4.75. The predicted octanol–water partition coefficient (Wildman–Crippen LogP) is 6.30. The fourth-order valence-electron chi connectivity index (χ4n) is 5.85. The molecule has 1 fully saturated rings. The molecular weight excluding hydrogens is 599 g/mol. The minimum atomic E-state index is -5.08. The summed E-state index contributed by atoms with van der Waals surface area (Å²) in [6, 6.07) is 18.7. The van der Waals surface area contributed by atoms with E-state index in [1.54, 1.807) is 12.3 Å². The molecule has 2 aromatic carbocycles. The summed E-state index contributed by atoms with van der Waals surface area (Å²) >= 11 is 0. The Morgan fingerprint density at radius 1 is 0.978 bits per heavy atom. The van der Waals surface area contributed by atoms with Crippen molar-refractivity contribution in [1.82, 2.24) is 30.0 Å². The van der Waals surface area contributed by atoms with Gasteiger partial charge in [0.1, 0.15) is 5.69 Å². The van der Waals surface area contributed by atoms with E-state index in [4.69, 9.17) is 14.9 Å². The van der Waals surface area contributed by atoms with Crippen molar-refractivity contribution >= 4 is 39.4 Å². The van der Waals surface area contributed by atoms with Crippen LogP contribution in [0.25, 0.3) is 32.9 Å². The number of hydrogen-bond donors (Lipinski definition) is 4. The van der Waals surface area contributed by atoms with Gasteiger partial charge in [0.25, 0.3) is 5.91 Å². The van der Waals surface area contributed by atoms with Crippen molar-refractivity contribution in [2.45, 2.75) is 45.5 Å². The first-order chi connectivity index (χ1) is 22.1. The summed E-state index contributed by atoms with van der Waals surface area (Å²) in [6.07, 6.45) is 1.00. The Kier molecular flexibility index (Phi) is 10.0. The number of amides is 1. The van der Waals surface area contributed by atoms with Gasteiger partial charge in [-0.05, 0) is 60.4 Å². The molecule has 6 rings (SSSR count). The molecule has 10 nitrogen and oxygen atoms in total. The van der Waals surface area contributed by atoms with Crippen molar-refractivity contribution in [3.05, 3.63) is 78.4 Å².